The van der Waals surface area contributed by atoms with E-state index in [0.717, 1.165) is 27.0 Å². The average molecular weight is 437 g/mol. The predicted molar refractivity (Wildman–Crippen MR) is 117 cm³/mol. The third-order valence-electron chi connectivity index (χ3n) is 4.35. The lowest BCUT2D eigenvalue weighted by molar-refractivity contribution is 0.0945. The van der Waals surface area contributed by atoms with Crippen LogP contribution in [0, 0.1) is 6.92 Å². The molecule has 1 aromatic carbocycles. The lowest BCUT2D eigenvalue weighted by atomic mass is 10.2. The molecule has 3 heterocycles. The number of aryl methyl sites for hydroxylation is 1. The first kappa shape index (κ1) is 20.2. The normalized spacial score (nSPS) is 10.8. The molecule has 0 radical (unpaired) electrons. The van der Waals surface area contributed by atoms with Gasteiger partial charge in [-0.15, -0.1) is 21.5 Å². The van der Waals surface area contributed by atoms with Crippen molar-refractivity contribution in [1.82, 2.24) is 30.0 Å². The third kappa shape index (κ3) is 5.11. The fraction of sp³-hybridized carbons (Fsp3) is 0.190. The van der Waals surface area contributed by atoms with E-state index in [1.54, 1.807) is 29.5 Å². The summed E-state index contributed by atoms with van der Waals surface area (Å²) in [5.74, 6) is 1.26. The van der Waals surface area contributed by atoms with Crippen molar-refractivity contribution in [3.8, 4) is 0 Å². The quantitative estimate of drug-likeness (QED) is 0.424. The van der Waals surface area contributed by atoms with E-state index < -0.39 is 0 Å². The number of carbonyl (C=O) groups is 1. The van der Waals surface area contributed by atoms with Gasteiger partial charge in [0.2, 0.25) is 0 Å². The number of rotatable bonds is 8. The maximum absolute atomic E-state index is 12.4. The Labute approximate surface area is 182 Å². The van der Waals surface area contributed by atoms with Gasteiger partial charge in [-0.2, -0.15) is 0 Å². The highest BCUT2D eigenvalue weighted by Gasteiger charge is 2.16. The Kier molecular flexibility index (Phi) is 6.50. The summed E-state index contributed by atoms with van der Waals surface area (Å²) in [5, 5.41) is 15.1. The van der Waals surface area contributed by atoms with Gasteiger partial charge in [-0.3, -0.25) is 9.78 Å². The number of carbonyl (C=O) groups excluding carboxylic acids is 1. The SMILES string of the molecule is Cc1nc(C(=O)NCc2nnc(SCc3ccncc3)n2Cc2ccccc2)cs1. The molecular formula is C21H20N6OS2. The standard InChI is InChI=1S/C21H20N6OS2/c1-15-24-18(14-29-15)20(28)23-11-19-25-26-21(30-13-17-7-9-22-10-8-17)27(19)12-16-5-3-2-4-6-16/h2-10,14H,11-13H2,1H3,(H,23,28). The van der Waals surface area contributed by atoms with Crippen LogP contribution in [0.1, 0.15) is 32.4 Å². The molecule has 0 bridgehead atoms. The molecule has 0 saturated carbocycles. The van der Waals surface area contributed by atoms with E-state index in [1.165, 1.54) is 11.3 Å². The fourth-order valence-corrected chi connectivity index (χ4v) is 4.33. The Morgan fingerprint density at radius 3 is 2.63 bits per heavy atom. The number of benzene rings is 1. The molecule has 3 aromatic heterocycles. The first-order valence-electron chi connectivity index (χ1n) is 9.37. The zero-order valence-electron chi connectivity index (χ0n) is 16.4. The highest BCUT2D eigenvalue weighted by atomic mass is 32.2. The molecule has 7 nitrogen and oxygen atoms in total. The molecule has 9 heteroatoms. The van der Waals surface area contributed by atoms with Crippen LogP contribution in [-0.2, 0) is 18.8 Å². The van der Waals surface area contributed by atoms with Gasteiger partial charge in [0, 0.05) is 23.5 Å². The molecule has 152 valence electrons. The summed E-state index contributed by atoms with van der Waals surface area (Å²) in [6, 6.07) is 14.1. The van der Waals surface area contributed by atoms with Crippen molar-refractivity contribution in [2.24, 2.45) is 0 Å². The minimum atomic E-state index is -0.209. The van der Waals surface area contributed by atoms with Crippen LogP contribution in [0.4, 0.5) is 0 Å². The molecule has 4 rings (SSSR count). The highest BCUT2D eigenvalue weighted by Crippen LogP contribution is 2.23. The number of hydrogen-bond donors (Lipinski definition) is 1. The predicted octanol–water partition coefficient (Wildman–Crippen LogP) is 3.71. The van der Waals surface area contributed by atoms with Gasteiger partial charge in [0.1, 0.15) is 5.69 Å². The average Bonchev–Trinajstić information content (AvgIpc) is 3.38. The van der Waals surface area contributed by atoms with Crippen molar-refractivity contribution in [1.29, 1.82) is 0 Å². The number of amides is 1. The molecule has 1 N–H and O–H groups in total. The number of aromatic nitrogens is 5. The van der Waals surface area contributed by atoms with Gasteiger partial charge in [-0.05, 0) is 30.2 Å². The van der Waals surface area contributed by atoms with Crippen LogP contribution in [0.2, 0.25) is 0 Å². The van der Waals surface area contributed by atoms with E-state index in [2.05, 4.69) is 37.6 Å². The monoisotopic (exact) mass is 436 g/mol. The van der Waals surface area contributed by atoms with Crippen LogP contribution in [0.15, 0.2) is 65.4 Å². The molecular weight excluding hydrogens is 416 g/mol. The summed E-state index contributed by atoms with van der Waals surface area (Å²) in [4.78, 5) is 20.7. The van der Waals surface area contributed by atoms with Crippen molar-refractivity contribution in [3.05, 3.63) is 87.9 Å². The number of nitrogens with zero attached hydrogens (tertiary/aromatic N) is 5. The minimum Gasteiger partial charge on any atom is -0.343 e. The molecule has 30 heavy (non-hydrogen) atoms. The van der Waals surface area contributed by atoms with Gasteiger partial charge in [0.05, 0.1) is 18.1 Å². The number of thioether (sulfide) groups is 1. The van der Waals surface area contributed by atoms with Crippen LogP contribution in [0.25, 0.3) is 0 Å². The Morgan fingerprint density at radius 1 is 1.10 bits per heavy atom. The van der Waals surface area contributed by atoms with Gasteiger partial charge in [-0.1, -0.05) is 42.1 Å². The summed E-state index contributed by atoms with van der Waals surface area (Å²) in [7, 11) is 0. The Bertz CT molecular complexity index is 1110. The minimum absolute atomic E-state index is 0.209. The summed E-state index contributed by atoms with van der Waals surface area (Å²) in [6.45, 7) is 2.79. The van der Waals surface area contributed by atoms with Crippen molar-refractivity contribution >= 4 is 29.0 Å². The molecule has 0 spiro atoms. The summed E-state index contributed by atoms with van der Waals surface area (Å²) in [5.41, 5.74) is 2.74. The van der Waals surface area contributed by atoms with Crippen LogP contribution in [0.3, 0.4) is 0 Å². The molecule has 0 atom stereocenters. The third-order valence-corrected chi connectivity index (χ3v) is 6.16. The Hall–Kier alpha value is -3.04. The Balaban J connectivity index is 1.51. The van der Waals surface area contributed by atoms with Gasteiger partial charge in [0.25, 0.3) is 5.91 Å². The van der Waals surface area contributed by atoms with E-state index in [4.69, 9.17) is 0 Å². The van der Waals surface area contributed by atoms with Gasteiger partial charge in [0.15, 0.2) is 11.0 Å². The van der Waals surface area contributed by atoms with E-state index in [1.807, 2.05) is 41.8 Å². The number of pyridine rings is 1. The van der Waals surface area contributed by atoms with Crippen molar-refractivity contribution in [2.75, 3.05) is 0 Å². The van der Waals surface area contributed by atoms with E-state index in [0.29, 0.717) is 18.1 Å². The molecule has 4 aromatic rings. The Morgan fingerprint density at radius 2 is 1.90 bits per heavy atom. The second-order valence-corrected chi connectivity index (χ2v) is 8.55. The molecule has 0 aliphatic rings. The first-order valence-corrected chi connectivity index (χ1v) is 11.2. The van der Waals surface area contributed by atoms with E-state index in [-0.39, 0.29) is 12.5 Å². The second kappa shape index (κ2) is 9.64. The summed E-state index contributed by atoms with van der Waals surface area (Å²) < 4.78 is 2.05. The summed E-state index contributed by atoms with van der Waals surface area (Å²) >= 11 is 3.07. The van der Waals surface area contributed by atoms with Crippen LogP contribution >= 0.6 is 23.1 Å². The molecule has 0 saturated heterocycles. The first-order chi connectivity index (χ1) is 14.7. The number of nitrogens with one attached hydrogen (secondary N) is 1. The lowest BCUT2D eigenvalue weighted by Crippen LogP contribution is -2.25. The van der Waals surface area contributed by atoms with Gasteiger partial charge >= 0.3 is 0 Å². The lowest BCUT2D eigenvalue weighted by Gasteiger charge is -2.11. The number of hydrogen-bond acceptors (Lipinski definition) is 7. The van der Waals surface area contributed by atoms with E-state index >= 15 is 0 Å². The fourth-order valence-electron chi connectivity index (χ4n) is 2.83. The van der Waals surface area contributed by atoms with Crippen LogP contribution in [-0.4, -0.2) is 30.6 Å². The van der Waals surface area contributed by atoms with Crippen LogP contribution < -0.4 is 5.32 Å². The largest absolute Gasteiger partial charge is 0.343 e. The maximum Gasteiger partial charge on any atom is 0.271 e. The molecule has 0 aliphatic heterocycles. The smallest absolute Gasteiger partial charge is 0.271 e. The zero-order chi connectivity index (χ0) is 20.8. The van der Waals surface area contributed by atoms with Crippen molar-refractivity contribution in [3.63, 3.8) is 0 Å². The zero-order valence-corrected chi connectivity index (χ0v) is 18.0. The van der Waals surface area contributed by atoms with Crippen molar-refractivity contribution in [2.45, 2.75) is 30.9 Å². The van der Waals surface area contributed by atoms with Crippen LogP contribution in [0.5, 0.6) is 0 Å². The topological polar surface area (TPSA) is 85.6 Å². The van der Waals surface area contributed by atoms with Gasteiger partial charge in [-0.25, -0.2) is 4.98 Å². The molecule has 1 amide bonds. The maximum atomic E-state index is 12.4. The van der Waals surface area contributed by atoms with Crippen molar-refractivity contribution < 1.29 is 4.79 Å². The molecule has 0 unspecified atom stereocenters. The molecule has 0 fully saturated rings. The number of thiazole rings is 1. The molecule has 0 aliphatic carbocycles. The highest BCUT2D eigenvalue weighted by molar-refractivity contribution is 7.98. The van der Waals surface area contributed by atoms with E-state index in [9.17, 15) is 4.79 Å². The summed E-state index contributed by atoms with van der Waals surface area (Å²) in [6.07, 6.45) is 3.57. The van der Waals surface area contributed by atoms with Gasteiger partial charge < -0.3 is 9.88 Å². The second-order valence-electron chi connectivity index (χ2n) is 6.55.